The fourth-order valence-corrected chi connectivity index (χ4v) is 3.66. The zero-order valence-electron chi connectivity index (χ0n) is 10.7. The summed E-state index contributed by atoms with van der Waals surface area (Å²) in [6, 6.07) is 0. The number of hydrogen-bond donors (Lipinski definition) is 1. The summed E-state index contributed by atoms with van der Waals surface area (Å²) >= 11 is 0. The van der Waals surface area contributed by atoms with Gasteiger partial charge in [-0.15, -0.1) is 0 Å². The molecule has 2 saturated carbocycles. The number of carbonyl (C=O) groups excluding carboxylic acids is 1. The van der Waals surface area contributed by atoms with Gasteiger partial charge in [-0.25, -0.2) is 0 Å². The lowest BCUT2D eigenvalue weighted by molar-refractivity contribution is -0.122. The molecule has 0 spiro atoms. The van der Waals surface area contributed by atoms with Gasteiger partial charge in [0.2, 0.25) is 5.91 Å². The quantitative estimate of drug-likeness (QED) is 0.700. The minimum atomic E-state index is 0.174. The topological polar surface area (TPSA) is 38.3 Å². The average Bonchev–Trinajstić information content (AvgIpc) is 2.99. The van der Waals surface area contributed by atoms with Crippen LogP contribution < -0.4 is 5.32 Å². The highest BCUT2D eigenvalue weighted by Gasteiger charge is 2.60. The van der Waals surface area contributed by atoms with E-state index in [1.807, 2.05) is 13.8 Å². The summed E-state index contributed by atoms with van der Waals surface area (Å²) in [7, 11) is 0. The van der Waals surface area contributed by atoms with Crippen LogP contribution in [0.3, 0.4) is 0 Å². The van der Waals surface area contributed by atoms with Crippen molar-refractivity contribution in [3.05, 3.63) is 11.5 Å². The van der Waals surface area contributed by atoms with E-state index >= 15 is 0 Å². The van der Waals surface area contributed by atoms with Crippen molar-refractivity contribution >= 4 is 5.91 Å². The Hall–Kier alpha value is -0.990. The Kier molecular flexibility index (Phi) is 2.64. The van der Waals surface area contributed by atoms with Gasteiger partial charge in [-0.05, 0) is 56.8 Å². The molecule has 1 heterocycles. The second kappa shape index (κ2) is 4.04. The Balaban J connectivity index is 1.70. The maximum Gasteiger partial charge on any atom is 0.224 e. The van der Waals surface area contributed by atoms with Gasteiger partial charge in [-0.1, -0.05) is 0 Å². The van der Waals surface area contributed by atoms with Crippen molar-refractivity contribution in [1.82, 2.24) is 5.32 Å². The zero-order chi connectivity index (χ0) is 12.0. The van der Waals surface area contributed by atoms with Gasteiger partial charge in [0.1, 0.15) is 5.76 Å². The minimum absolute atomic E-state index is 0.174. The fraction of sp³-hybridized carbons (Fsp3) is 0.786. The lowest BCUT2D eigenvalue weighted by Crippen LogP contribution is -2.35. The molecule has 1 aliphatic heterocycles. The number of carbonyl (C=O) groups is 1. The Bertz CT molecular complexity index is 374. The van der Waals surface area contributed by atoms with Crippen LogP contribution in [0.1, 0.15) is 39.5 Å². The number of rotatable bonds is 0. The van der Waals surface area contributed by atoms with Crippen molar-refractivity contribution in [3.63, 3.8) is 0 Å². The zero-order valence-corrected chi connectivity index (χ0v) is 10.7. The Morgan fingerprint density at radius 2 is 1.94 bits per heavy atom. The molecule has 0 radical (unpaired) electrons. The third-order valence-corrected chi connectivity index (χ3v) is 4.82. The molecule has 3 rings (SSSR count). The van der Waals surface area contributed by atoms with E-state index in [1.54, 1.807) is 0 Å². The van der Waals surface area contributed by atoms with Crippen LogP contribution >= 0.6 is 0 Å². The molecule has 17 heavy (non-hydrogen) atoms. The molecule has 0 aromatic rings. The van der Waals surface area contributed by atoms with Gasteiger partial charge in [-0.3, -0.25) is 4.79 Å². The number of ether oxygens (including phenoxy) is 1. The molecular formula is C14H21NO2. The van der Waals surface area contributed by atoms with Crippen LogP contribution in [0.5, 0.6) is 0 Å². The highest BCUT2D eigenvalue weighted by molar-refractivity contribution is 5.78. The van der Waals surface area contributed by atoms with Crippen molar-refractivity contribution in [2.45, 2.75) is 39.5 Å². The second-order valence-corrected chi connectivity index (χ2v) is 5.82. The third-order valence-electron chi connectivity index (χ3n) is 4.82. The predicted octanol–water partition coefficient (Wildman–Crippen LogP) is 2.44. The van der Waals surface area contributed by atoms with Gasteiger partial charge in [0, 0.05) is 6.42 Å². The molecule has 4 atom stereocenters. The van der Waals surface area contributed by atoms with E-state index in [2.05, 4.69) is 5.32 Å². The first-order chi connectivity index (χ1) is 8.16. The van der Waals surface area contributed by atoms with Gasteiger partial charge in [-0.2, -0.15) is 0 Å². The van der Waals surface area contributed by atoms with E-state index in [9.17, 15) is 4.79 Å². The Morgan fingerprint density at radius 1 is 1.18 bits per heavy atom. The van der Waals surface area contributed by atoms with Crippen molar-refractivity contribution in [3.8, 4) is 0 Å². The molecule has 2 fully saturated rings. The summed E-state index contributed by atoms with van der Waals surface area (Å²) in [5.74, 6) is 4.31. The molecule has 3 nitrogen and oxygen atoms in total. The van der Waals surface area contributed by atoms with Gasteiger partial charge >= 0.3 is 0 Å². The SMILES string of the molecule is C/C1=C(\C)OCCCC2C(CC(=O)N1)C1CC21. The van der Waals surface area contributed by atoms with Crippen molar-refractivity contribution in [2.24, 2.45) is 23.7 Å². The molecule has 2 aliphatic carbocycles. The molecule has 0 bridgehead atoms. The van der Waals surface area contributed by atoms with Crippen LogP contribution in [0.4, 0.5) is 0 Å². The number of fused-ring (bicyclic) bond motifs is 4. The summed E-state index contributed by atoms with van der Waals surface area (Å²) < 4.78 is 5.66. The number of hydrogen-bond acceptors (Lipinski definition) is 2. The Morgan fingerprint density at radius 3 is 2.76 bits per heavy atom. The summed E-state index contributed by atoms with van der Waals surface area (Å²) in [6.45, 7) is 4.64. The number of allylic oxidation sites excluding steroid dienone is 2. The number of amides is 1. The standard InChI is InChI=1S/C14H21NO2/c1-8-9(2)17-5-3-4-10-11-6-12(11)13(10)7-14(16)15-8/h10-13H,3-7H2,1-2H3,(H,15,16)/b9-8-. The molecule has 0 aromatic heterocycles. The van der Waals surface area contributed by atoms with Crippen LogP contribution in [-0.2, 0) is 9.53 Å². The van der Waals surface area contributed by atoms with Crippen molar-refractivity contribution in [2.75, 3.05) is 6.61 Å². The molecule has 4 unspecified atom stereocenters. The average molecular weight is 235 g/mol. The molecular weight excluding hydrogens is 214 g/mol. The monoisotopic (exact) mass is 235 g/mol. The van der Waals surface area contributed by atoms with Gasteiger partial charge < -0.3 is 10.1 Å². The van der Waals surface area contributed by atoms with E-state index in [1.165, 1.54) is 12.8 Å². The van der Waals surface area contributed by atoms with E-state index in [0.717, 1.165) is 48.7 Å². The van der Waals surface area contributed by atoms with Gasteiger partial charge in [0.15, 0.2) is 0 Å². The fourth-order valence-electron chi connectivity index (χ4n) is 3.66. The summed E-state index contributed by atoms with van der Waals surface area (Å²) in [4.78, 5) is 11.9. The first kappa shape index (κ1) is 11.1. The third kappa shape index (κ3) is 1.96. The summed E-state index contributed by atoms with van der Waals surface area (Å²) in [5, 5.41) is 2.97. The molecule has 0 saturated heterocycles. The highest BCUT2D eigenvalue weighted by atomic mass is 16.5. The largest absolute Gasteiger partial charge is 0.496 e. The van der Waals surface area contributed by atoms with Crippen molar-refractivity contribution < 1.29 is 9.53 Å². The number of nitrogens with one attached hydrogen (secondary N) is 1. The molecule has 3 heteroatoms. The van der Waals surface area contributed by atoms with Crippen LogP contribution in [0, 0.1) is 23.7 Å². The van der Waals surface area contributed by atoms with Crippen LogP contribution in [0.15, 0.2) is 11.5 Å². The maximum atomic E-state index is 11.9. The van der Waals surface area contributed by atoms with Crippen LogP contribution in [0.2, 0.25) is 0 Å². The first-order valence-corrected chi connectivity index (χ1v) is 6.77. The van der Waals surface area contributed by atoms with E-state index in [0.29, 0.717) is 5.92 Å². The molecule has 3 aliphatic rings. The normalized spacial score (nSPS) is 45.4. The van der Waals surface area contributed by atoms with Crippen molar-refractivity contribution in [1.29, 1.82) is 0 Å². The van der Waals surface area contributed by atoms with Crippen LogP contribution in [-0.4, -0.2) is 12.5 Å². The molecule has 0 aromatic carbocycles. The summed E-state index contributed by atoms with van der Waals surface area (Å²) in [5.41, 5.74) is 0.875. The highest BCUT2D eigenvalue weighted by Crippen LogP contribution is 2.66. The van der Waals surface area contributed by atoms with E-state index in [-0.39, 0.29) is 5.91 Å². The lowest BCUT2D eigenvalue weighted by Gasteiger charge is -2.35. The summed E-state index contributed by atoms with van der Waals surface area (Å²) in [6.07, 6.45) is 4.46. The predicted molar refractivity (Wildman–Crippen MR) is 64.9 cm³/mol. The minimum Gasteiger partial charge on any atom is -0.496 e. The molecule has 1 N–H and O–H groups in total. The molecule has 94 valence electrons. The smallest absolute Gasteiger partial charge is 0.224 e. The van der Waals surface area contributed by atoms with Gasteiger partial charge in [0.05, 0.1) is 12.3 Å². The maximum absolute atomic E-state index is 11.9. The first-order valence-electron chi connectivity index (χ1n) is 6.77. The van der Waals surface area contributed by atoms with E-state index in [4.69, 9.17) is 4.74 Å². The Labute approximate surface area is 103 Å². The second-order valence-electron chi connectivity index (χ2n) is 5.82. The molecule has 1 amide bonds. The lowest BCUT2D eigenvalue weighted by atomic mass is 9.70. The van der Waals surface area contributed by atoms with E-state index < -0.39 is 0 Å². The van der Waals surface area contributed by atoms with Gasteiger partial charge in [0.25, 0.3) is 0 Å². The van der Waals surface area contributed by atoms with Crippen LogP contribution in [0.25, 0.3) is 0 Å².